The van der Waals surface area contributed by atoms with Gasteiger partial charge in [-0.25, -0.2) is 0 Å². The van der Waals surface area contributed by atoms with Gasteiger partial charge in [0.25, 0.3) is 0 Å². The highest BCUT2D eigenvalue weighted by Crippen LogP contribution is 2.20. The molecule has 2 heterocycles. The van der Waals surface area contributed by atoms with Crippen LogP contribution in [0.15, 0.2) is 0 Å². The molecule has 3 nitrogen and oxygen atoms in total. The molecule has 0 saturated carbocycles. The van der Waals surface area contributed by atoms with Crippen molar-refractivity contribution in [2.24, 2.45) is 0 Å². The van der Waals surface area contributed by atoms with Crippen molar-refractivity contribution in [1.82, 2.24) is 10.2 Å². The second-order valence-corrected chi connectivity index (χ2v) is 4.25. The molecule has 2 rings (SSSR count). The molecule has 2 aliphatic heterocycles. The van der Waals surface area contributed by atoms with Crippen molar-refractivity contribution in [3.05, 3.63) is 0 Å². The highest BCUT2D eigenvalue weighted by molar-refractivity contribution is 4.85. The Morgan fingerprint density at radius 2 is 2.08 bits per heavy atom. The van der Waals surface area contributed by atoms with Crippen molar-refractivity contribution in [2.75, 3.05) is 26.2 Å². The van der Waals surface area contributed by atoms with Crippen LogP contribution in [-0.4, -0.2) is 48.3 Å². The van der Waals surface area contributed by atoms with Gasteiger partial charge in [0.05, 0.1) is 6.61 Å². The molecular formula is C10H20N2O. The summed E-state index contributed by atoms with van der Waals surface area (Å²) in [4.78, 5) is 2.60. The number of hydrogen-bond acceptors (Lipinski definition) is 3. The van der Waals surface area contributed by atoms with Gasteiger partial charge in [-0.05, 0) is 45.3 Å². The average molecular weight is 184 g/mol. The van der Waals surface area contributed by atoms with Crippen LogP contribution in [-0.2, 0) is 0 Å². The van der Waals surface area contributed by atoms with Crippen LogP contribution in [0.2, 0.25) is 0 Å². The summed E-state index contributed by atoms with van der Waals surface area (Å²) >= 11 is 0. The van der Waals surface area contributed by atoms with E-state index in [0.29, 0.717) is 12.6 Å². The predicted molar refractivity (Wildman–Crippen MR) is 52.7 cm³/mol. The summed E-state index contributed by atoms with van der Waals surface area (Å²) in [6.45, 7) is 3.93. The first-order chi connectivity index (χ1) is 6.40. The summed E-state index contributed by atoms with van der Waals surface area (Å²) < 4.78 is 0. The van der Waals surface area contributed by atoms with Gasteiger partial charge in [0, 0.05) is 12.1 Å². The van der Waals surface area contributed by atoms with E-state index in [2.05, 4.69) is 10.2 Å². The summed E-state index contributed by atoms with van der Waals surface area (Å²) in [6, 6.07) is 1.08. The third kappa shape index (κ3) is 2.22. The van der Waals surface area contributed by atoms with Gasteiger partial charge in [-0.2, -0.15) is 0 Å². The van der Waals surface area contributed by atoms with Crippen molar-refractivity contribution in [3.8, 4) is 0 Å². The fourth-order valence-electron chi connectivity index (χ4n) is 2.56. The minimum Gasteiger partial charge on any atom is -0.395 e. The van der Waals surface area contributed by atoms with E-state index in [1.54, 1.807) is 0 Å². The van der Waals surface area contributed by atoms with Gasteiger partial charge in [-0.3, -0.25) is 0 Å². The molecule has 2 aliphatic rings. The molecule has 0 aromatic carbocycles. The molecule has 3 heteroatoms. The molecule has 2 N–H and O–H groups in total. The van der Waals surface area contributed by atoms with E-state index in [0.717, 1.165) is 19.0 Å². The van der Waals surface area contributed by atoms with Crippen molar-refractivity contribution >= 4 is 0 Å². The highest BCUT2D eigenvalue weighted by Gasteiger charge is 2.27. The number of nitrogens with one attached hydrogen (secondary N) is 1. The van der Waals surface area contributed by atoms with Crippen molar-refractivity contribution in [1.29, 1.82) is 0 Å². The van der Waals surface area contributed by atoms with E-state index in [9.17, 15) is 0 Å². The Hall–Kier alpha value is -0.120. The van der Waals surface area contributed by atoms with Crippen LogP contribution in [0, 0.1) is 0 Å². The monoisotopic (exact) mass is 184 g/mol. The van der Waals surface area contributed by atoms with Gasteiger partial charge >= 0.3 is 0 Å². The minimum absolute atomic E-state index is 0.296. The standard InChI is InChI=1S/C10H20N2O/c13-8-9-7-10(3-4-11-9)12-5-1-2-6-12/h9-11,13H,1-8H2/t9-,10-/m1/s1. The molecule has 0 bridgehead atoms. The van der Waals surface area contributed by atoms with Gasteiger partial charge in [-0.1, -0.05) is 0 Å². The Morgan fingerprint density at radius 3 is 2.77 bits per heavy atom. The smallest absolute Gasteiger partial charge is 0.0585 e. The molecule has 0 aromatic heterocycles. The number of aliphatic hydroxyl groups is 1. The summed E-state index contributed by atoms with van der Waals surface area (Å²) in [6.07, 6.45) is 5.13. The molecule has 76 valence electrons. The van der Waals surface area contributed by atoms with Gasteiger partial charge < -0.3 is 15.3 Å². The first-order valence-electron chi connectivity index (χ1n) is 5.48. The zero-order chi connectivity index (χ0) is 9.10. The number of likely N-dealkylation sites (tertiary alicyclic amines) is 1. The number of hydrogen-bond donors (Lipinski definition) is 2. The summed E-state index contributed by atoms with van der Waals surface area (Å²) in [5, 5.41) is 12.4. The fourth-order valence-corrected chi connectivity index (χ4v) is 2.56. The first-order valence-corrected chi connectivity index (χ1v) is 5.48. The lowest BCUT2D eigenvalue weighted by molar-refractivity contribution is 0.140. The van der Waals surface area contributed by atoms with Gasteiger partial charge in [0.1, 0.15) is 0 Å². The van der Waals surface area contributed by atoms with E-state index >= 15 is 0 Å². The number of aliphatic hydroxyl groups excluding tert-OH is 1. The molecule has 2 atom stereocenters. The third-order valence-corrected chi connectivity index (χ3v) is 3.34. The molecule has 0 amide bonds. The Kier molecular flexibility index (Phi) is 3.19. The second kappa shape index (κ2) is 4.40. The molecule has 0 spiro atoms. The lowest BCUT2D eigenvalue weighted by atomic mass is 9.99. The summed E-state index contributed by atoms with van der Waals surface area (Å²) in [7, 11) is 0. The van der Waals surface area contributed by atoms with Crippen LogP contribution in [0.4, 0.5) is 0 Å². The molecule has 0 aliphatic carbocycles. The summed E-state index contributed by atoms with van der Waals surface area (Å²) in [5.74, 6) is 0. The molecular weight excluding hydrogens is 164 g/mol. The van der Waals surface area contributed by atoms with Crippen LogP contribution in [0.5, 0.6) is 0 Å². The summed E-state index contributed by atoms with van der Waals surface area (Å²) in [5.41, 5.74) is 0. The van der Waals surface area contributed by atoms with Crippen LogP contribution >= 0.6 is 0 Å². The Balaban J connectivity index is 1.84. The number of rotatable bonds is 2. The highest BCUT2D eigenvalue weighted by atomic mass is 16.3. The van der Waals surface area contributed by atoms with E-state index in [1.165, 1.54) is 32.4 Å². The van der Waals surface area contributed by atoms with Crippen molar-refractivity contribution in [2.45, 2.75) is 37.8 Å². The minimum atomic E-state index is 0.296. The zero-order valence-corrected chi connectivity index (χ0v) is 8.21. The lowest BCUT2D eigenvalue weighted by Crippen LogP contribution is -2.48. The quantitative estimate of drug-likeness (QED) is 0.643. The Labute approximate surface area is 80.1 Å². The average Bonchev–Trinajstić information content (AvgIpc) is 2.71. The van der Waals surface area contributed by atoms with Crippen LogP contribution in [0.1, 0.15) is 25.7 Å². The van der Waals surface area contributed by atoms with E-state index in [1.807, 2.05) is 0 Å². The maximum absolute atomic E-state index is 9.07. The maximum Gasteiger partial charge on any atom is 0.0585 e. The number of piperidine rings is 1. The second-order valence-electron chi connectivity index (χ2n) is 4.25. The largest absolute Gasteiger partial charge is 0.395 e. The van der Waals surface area contributed by atoms with Gasteiger partial charge in [0.15, 0.2) is 0 Å². The van der Waals surface area contributed by atoms with Crippen molar-refractivity contribution < 1.29 is 5.11 Å². The van der Waals surface area contributed by atoms with Crippen LogP contribution in [0.3, 0.4) is 0 Å². The Morgan fingerprint density at radius 1 is 1.31 bits per heavy atom. The van der Waals surface area contributed by atoms with E-state index in [-0.39, 0.29) is 0 Å². The van der Waals surface area contributed by atoms with Crippen LogP contribution in [0.25, 0.3) is 0 Å². The SMILES string of the molecule is OC[C@H]1C[C@H](N2CCCC2)CCN1. The zero-order valence-electron chi connectivity index (χ0n) is 8.21. The molecule has 2 saturated heterocycles. The number of nitrogens with zero attached hydrogens (tertiary/aromatic N) is 1. The van der Waals surface area contributed by atoms with Crippen LogP contribution < -0.4 is 5.32 Å². The molecule has 0 aromatic rings. The van der Waals surface area contributed by atoms with Gasteiger partial charge in [-0.15, -0.1) is 0 Å². The maximum atomic E-state index is 9.07. The van der Waals surface area contributed by atoms with E-state index < -0.39 is 0 Å². The fraction of sp³-hybridized carbons (Fsp3) is 1.00. The molecule has 2 fully saturated rings. The first kappa shape index (κ1) is 9.44. The van der Waals surface area contributed by atoms with Crippen molar-refractivity contribution in [3.63, 3.8) is 0 Å². The predicted octanol–water partition coefficient (Wildman–Crippen LogP) is 0.195. The Bertz CT molecular complexity index is 157. The molecule has 13 heavy (non-hydrogen) atoms. The molecule has 0 unspecified atom stereocenters. The molecule has 0 radical (unpaired) electrons. The lowest BCUT2D eigenvalue weighted by Gasteiger charge is -2.35. The normalized spacial score (nSPS) is 36.7. The third-order valence-electron chi connectivity index (χ3n) is 3.34. The van der Waals surface area contributed by atoms with Gasteiger partial charge in [0.2, 0.25) is 0 Å². The van der Waals surface area contributed by atoms with E-state index in [4.69, 9.17) is 5.11 Å². The topological polar surface area (TPSA) is 35.5 Å².